The molecule has 1 heterocycles. The summed E-state index contributed by atoms with van der Waals surface area (Å²) in [7, 11) is 0. The van der Waals surface area contributed by atoms with Gasteiger partial charge in [0.2, 0.25) is 0 Å². The zero-order valence-electron chi connectivity index (χ0n) is 14.4. The molecule has 0 atom stereocenters. The highest BCUT2D eigenvalue weighted by molar-refractivity contribution is 5.95. The van der Waals surface area contributed by atoms with E-state index >= 15 is 0 Å². The van der Waals surface area contributed by atoms with Crippen molar-refractivity contribution >= 4 is 5.97 Å². The van der Waals surface area contributed by atoms with Crippen molar-refractivity contribution in [3.63, 3.8) is 0 Å². The first-order chi connectivity index (χ1) is 12.5. The fourth-order valence-electron chi connectivity index (χ4n) is 2.57. The van der Waals surface area contributed by atoms with Gasteiger partial charge in [0.25, 0.3) is 5.56 Å². The maximum atomic E-state index is 13.0. The maximum Gasteiger partial charge on any atom is 0.427 e. The normalized spacial score (nSPS) is 10.5. The number of carbonyl (C=O) groups excluding carboxylic acids is 1. The average molecular weight is 351 g/mol. The van der Waals surface area contributed by atoms with Gasteiger partial charge in [-0.2, -0.15) is 0 Å². The molecule has 1 aromatic heterocycles. The predicted octanol–water partition coefficient (Wildman–Crippen LogP) is 2.94. The quantitative estimate of drug-likeness (QED) is 0.675. The minimum Gasteiger partial charge on any atom is -0.462 e. The Morgan fingerprint density at radius 1 is 1.04 bits per heavy atom. The maximum absolute atomic E-state index is 13.0. The van der Waals surface area contributed by atoms with Crippen LogP contribution in [-0.4, -0.2) is 17.1 Å². The zero-order chi connectivity index (χ0) is 18.7. The van der Waals surface area contributed by atoms with E-state index in [0.29, 0.717) is 11.3 Å². The molecule has 0 aliphatic carbocycles. The Morgan fingerprint density at radius 2 is 1.69 bits per heavy atom. The van der Waals surface area contributed by atoms with E-state index in [1.54, 1.807) is 61.5 Å². The molecule has 6 heteroatoms. The van der Waals surface area contributed by atoms with E-state index in [4.69, 9.17) is 9.15 Å². The van der Waals surface area contributed by atoms with E-state index < -0.39 is 17.3 Å². The Morgan fingerprint density at radius 3 is 2.31 bits per heavy atom. The Kier molecular flexibility index (Phi) is 4.84. The molecule has 0 N–H and O–H groups in total. The highest BCUT2D eigenvalue weighted by Gasteiger charge is 2.25. The lowest BCUT2D eigenvalue weighted by Crippen LogP contribution is -2.36. The van der Waals surface area contributed by atoms with Crippen LogP contribution in [0, 0.1) is 6.92 Å². The molecule has 0 radical (unpaired) electrons. The van der Waals surface area contributed by atoms with Gasteiger partial charge in [-0.25, -0.2) is 14.2 Å². The number of rotatable bonds is 4. The van der Waals surface area contributed by atoms with E-state index in [2.05, 4.69) is 0 Å². The molecular weight excluding hydrogens is 334 g/mol. The molecule has 0 unspecified atom stereocenters. The van der Waals surface area contributed by atoms with E-state index in [9.17, 15) is 14.4 Å². The van der Waals surface area contributed by atoms with Crippen molar-refractivity contribution in [2.45, 2.75) is 13.8 Å². The van der Waals surface area contributed by atoms with E-state index in [0.717, 1.165) is 10.1 Å². The molecule has 0 spiro atoms. The van der Waals surface area contributed by atoms with Gasteiger partial charge < -0.3 is 9.15 Å². The van der Waals surface area contributed by atoms with Crippen molar-refractivity contribution in [1.29, 1.82) is 0 Å². The molecule has 6 nitrogen and oxygen atoms in total. The van der Waals surface area contributed by atoms with Gasteiger partial charge >= 0.3 is 11.7 Å². The van der Waals surface area contributed by atoms with Gasteiger partial charge in [-0.15, -0.1) is 0 Å². The fraction of sp³-hybridized carbons (Fsp3) is 0.150. The van der Waals surface area contributed by atoms with Crippen LogP contribution >= 0.6 is 0 Å². The number of hydrogen-bond donors (Lipinski definition) is 0. The summed E-state index contributed by atoms with van der Waals surface area (Å²) in [6.45, 7) is 3.62. The number of aromatic nitrogens is 1. The zero-order valence-corrected chi connectivity index (χ0v) is 14.4. The summed E-state index contributed by atoms with van der Waals surface area (Å²) in [6.07, 6.45) is 0. The molecule has 3 rings (SSSR count). The van der Waals surface area contributed by atoms with E-state index in [1.807, 2.05) is 6.92 Å². The highest BCUT2D eigenvalue weighted by atomic mass is 16.5. The first kappa shape index (κ1) is 17.4. The molecule has 0 amide bonds. The smallest absolute Gasteiger partial charge is 0.427 e. The molecule has 0 saturated carbocycles. The predicted molar refractivity (Wildman–Crippen MR) is 96.7 cm³/mol. The lowest BCUT2D eigenvalue weighted by molar-refractivity contribution is 0.0521. The Labute approximate surface area is 149 Å². The largest absolute Gasteiger partial charge is 0.462 e. The molecule has 26 heavy (non-hydrogen) atoms. The third-order valence-electron chi connectivity index (χ3n) is 3.82. The number of ether oxygens (including phenoxy) is 1. The van der Waals surface area contributed by atoms with Gasteiger partial charge in [0.1, 0.15) is 0 Å². The summed E-state index contributed by atoms with van der Waals surface area (Å²) in [5.74, 6) is -1.80. The Bertz CT molecular complexity index is 1050. The summed E-state index contributed by atoms with van der Waals surface area (Å²) >= 11 is 0. The molecular formula is C20H17NO5. The van der Waals surface area contributed by atoms with Crippen LogP contribution in [0.25, 0.3) is 17.0 Å². The molecule has 3 aromatic rings. The Hall–Kier alpha value is -3.41. The monoisotopic (exact) mass is 351 g/mol. The molecule has 0 aliphatic heterocycles. The SMILES string of the molecule is CCOC(=O)c1c(-c2ccccc2)oc(=O)n(-c2ccc(C)cc2)c1=O. The van der Waals surface area contributed by atoms with Crippen LogP contribution in [0.1, 0.15) is 22.8 Å². The number of hydrogen-bond acceptors (Lipinski definition) is 5. The van der Waals surface area contributed by atoms with Gasteiger partial charge in [0, 0.05) is 5.56 Å². The van der Waals surface area contributed by atoms with E-state index in [1.165, 1.54) is 0 Å². The van der Waals surface area contributed by atoms with Crippen LogP contribution in [0.5, 0.6) is 0 Å². The summed E-state index contributed by atoms with van der Waals surface area (Å²) in [5.41, 5.74) is 0.652. The topological polar surface area (TPSA) is 78.5 Å². The number of esters is 1. The molecule has 2 aromatic carbocycles. The second-order valence-electron chi connectivity index (χ2n) is 5.63. The lowest BCUT2D eigenvalue weighted by atomic mass is 10.1. The summed E-state index contributed by atoms with van der Waals surface area (Å²) in [4.78, 5) is 37.9. The lowest BCUT2D eigenvalue weighted by Gasteiger charge is -2.11. The van der Waals surface area contributed by atoms with Crippen LogP contribution < -0.4 is 11.3 Å². The van der Waals surface area contributed by atoms with Crippen LogP contribution in [0.2, 0.25) is 0 Å². The van der Waals surface area contributed by atoms with Crippen molar-refractivity contribution in [3.8, 4) is 17.0 Å². The molecule has 0 fully saturated rings. The van der Waals surface area contributed by atoms with Crippen molar-refractivity contribution < 1.29 is 13.9 Å². The third-order valence-corrected chi connectivity index (χ3v) is 3.82. The summed E-state index contributed by atoms with van der Waals surface area (Å²) in [5, 5.41) is 0. The van der Waals surface area contributed by atoms with Gasteiger partial charge in [0.15, 0.2) is 11.3 Å². The third kappa shape index (κ3) is 3.21. The first-order valence-corrected chi connectivity index (χ1v) is 8.12. The Balaban J connectivity index is 2.32. The van der Waals surface area contributed by atoms with Gasteiger partial charge in [-0.3, -0.25) is 4.79 Å². The number of benzene rings is 2. The number of aryl methyl sites for hydroxylation is 1. The van der Waals surface area contributed by atoms with Gasteiger partial charge in [-0.1, -0.05) is 48.0 Å². The highest BCUT2D eigenvalue weighted by Crippen LogP contribution is 2.21. The van der Waals surface area contributed by atoms with Crippen LogP contribution in [0.15, 0.2) is 68.6 Å². The second-order valence-corrected chi connectivity index (χ2v) is 5.63. The van der Waals surface area contributed by atoms with Crippen LogP contribution in [0.3, 0.4) is 0 Å². The second kappa shape index (κ2) is 7.23. The molecule has 0 saturated heterocycles. The minimum absolute atomic E-state index is 0.0934. The standard InChI is InChI=1S/C20H17NO5/c1-3-25-19(23)16-17(14-7-5-4-6-8-14)26-20(24)21(18(16)22)15-11-9-13(2)10-12-15/h4-12H,3H2,1-2H3. The van der Waals surface area contributed by atoms with Crippen molar-refractivity contribution in [2.75, 3.05) is 6.61 Å². The number of carbonyl (C=O) groups is 1. The van der Waals surface area contributed by atoms with Gasteiger partial charge in [-0.05, 0) is 26.0 Å². The van der Waals surface area contributed by atoms with Crippen molar-refractivity contribution in [1.82, 2.24) is 4.57 Å². The van der Waals surface area contributed by atoms with Crippen LogP contribution in [-0.2, 0) is 4.74 Å². The summed E-state index contributed by atoms with van der Waals surface area (Å²) in [6, 6.07) is 15.3. The number of nitrogens with zero attached hydrogens (tertiary/aromatic N) is 1. The van der Waals surface area contributed by atoms with Crippen LogP contribution in [0.4, 0.5) is 0 Å². The molecule has 132 valence electrons. The van der Waals surface area contributed by atoms with Crippen molar-refractivity contribution in [2.24, 2.45) is 0 Å². The van der Waals surface area contributed by atoms with E-state index in [-0.39, 0.29) is 17.9 Å². The molecule has 0 aliphatic rings. The summed E-state index contributed by atoms with van der Waals surface area (Å²) < 4.78 is 11.2. The van der Waals surface area contributed by atoms with Gasteiger partial charge in [0.05, 0.1) is 12.3 Å². The van der Waals surface area contributed by atoms with Crippen molar-refractivity contribution in [3.05, 3.63) is 86.6 Å². The fourth-order valence-corrected chi connectivity index (χ4v) is 2.57. The first-order valence-electron chi connectivity index (χ1n) is 8.12. The molecule has 0 bridgehead atoms. The minimum atomic E-state index is -0.870. The average Bonchev–Trinajstić information content (AvgIpc) is 2.63.